The quantitative estimate of drug-likeness (QED) is 0.469. The molecule has 220 valence electrons. The van der Waals surface area contributed by atoms with Gasteiger partial charge < -0.3 is 14.9 Å². The van der Waals surface area contributed by atoms with Crippen molar-refractivity contribution in [1.29, 1.82) is 0 Å². The number of allylic oxidation sites excluding steroid dienone is 1. The fourth-order valence-corrected chi connectivity index (χ4v) is 9.94. The van der Waals surface area contributed by atoms with Gasteiger partial charge in [-0.05, 0) is 79.9 Å². The Balaban J connectivity index is 0.00000370. The molecule has 1 aromatic rings. The second-order valence-electron chi connectivity index (χ2n) is 12.4. The number of aliphatic hydroxyl groups is 2. The minimum Gasteiger partial charge on any atom is -0.450 e. The van der Waals surface area contributed by atoms with Crippen LogP contribution in [0.4, 0.5) is 0 Å². The van der Waals surface area contributed by atoms with E-state index in [1.54, 1.807) is 24.3 Å². The summed E-state index contributed by atoms with van der Waals surface area (Å²) in [5, 5.41) is 21.6. The van der Waals surface area contributed by atoms with Crippen LogP contribution in [0.25, 0.3) is 0 Å². The van der Waals surface area contributed by atoms with Crippen molar-refractivity contribution in [2.24, 2.45) is 28.6 Å². The van der Waals surface area contributed by atoms with Crippen molar-refractivity contribution in [1.82, 2.24) is 0 Å². The number of fused-ring (bicyclic) bond motifs is 5. The average molecular weight is 575 g/mol. The number of carbonyl (C=O) groups is 3. The third-order valence-corrected chi connectivity index (χ3v) is 12.3. The molecule has 0 aromatic heterocycles. The lowest BCUT2D eigenvalue weighted by atomic mass is 9.45. The van der Waals surface area contributed by atoms with Crippen LogP contribution in [0.5, 0.6) is 0 Å². The molecule has 0 heterocycles. The molecule has 3 saturated carbocycles. The maximum Gasteiger partial charge on any atom is 0.307 e. The molecule has 4 aliphatic rings. The number of esters is 1. The van der Waals surface area contributed by atoms with Crippen LogP contribution in [0.15, 0.2) is 46.9 Å². The van der Waals surface area contributed by atoms with Gasteiger partial charge in [0.25, 0.3) is 0 Å². The monoisotopic (exact) mass is 574 g/mol. The molecule has 0 bridgehead atoms. The summed E-state index contributed by atoms with van der Waals surface area (Å²) in [7, 11) is -3.72. The van der Waals surface area contributed by atoms with Crippen LogP contribution < -0.4 is 0 Å². The number of hydrogen-bond acceptors (Lipinski definition) is 8. The maximum atomic E-state index is 13.4. The SMILES string of the molecule is C.C[C@]12CCC(=O)C=C1CC[C@@H]1[C@@H]2[C@@H](O)C[C@@]2(C)[C@H]1CC[C@]2(OC(=O)CCS(=O)(=O)c1ccccc1)C(=O)CO. The number of carbonyl (C=O) groups excluding carboxylic acids is 3. The number of ether oxygens (including phenoxy) is 1. The summed E-state index contributed by atoms with van der Waals surface area (Å²) in [6.07, 6.45) is 4.26. The Morgan fingerprint density at radius 3 is 2.45 bits per heavy atom. The summed E-state index contributed by atoms with van der Waals surface area (Å²) in [6, 6.07) is 7.85. The highest BCUT2D eigenvalue weighted by molar-refractivity contribution is 7.91. The summed E-state index contributed by atoms with van der Waals surface area (Å²) in [5.41, 5.74) is -1.74. The Morgan fingerprint density at radius 2 is 1.77 bits per heavy atom. The molecular formula is C31H42O8S. The number of hydrogen-bond donors (Lipinski definition) is 2. The van der Waals surface area contributed by atoms with E-state index < -0.39 is 57.5 Å². The van der Waals surface area contributed by atoms with Gasteiger partial charge in [0.1, 0.15) is 6.61 Å². The largest absolute Gasteiger partial charge is 0.450 e. The normalized spacial score (nSPS) is 36.8. The van der Waals surface area contributed by atoms with Crippen molar-refractivity contribution in [3.8, 4) is 0 Å². The second kappa shape index (κ2) is 10.8. The third-order valence-electron chi connectivity index (χ3n) is 10.6. The fourth-order valence-electron chi connectivity index (χ4n) is 8.69. The van der Waals surface area contributed by atoms with E-state index in [0.717, 1.165) is 18.4 Å². The minimum absolute atomic E-state index is 0. The van der Waals surface area contributed by atoms with E-state index in [9.17, 15) is 33.0 Å². The lowest BCUT2D eigenvalue weighted by Crippen LogP contribution is -2.63. The van der Waals surface area contributed by atoms with Gasteiger partial charge in [0.15, 0.2) is 21.2 Å². The Bertz CT molecular complexity index is 1300. The topological polar surface area (TPSA) is 135 Å². The van der Waals surface area contributed by atoms with Gasteiger partial charge in [-0.25, -0.2) is 8.42 Å². The van der Waals surface area contributed by atoms with Crippen molar-refractivity contribution < 1.29 is 37.8 Å². The second-order valence-corrected chi connectivity index (χ2v) is 14.5. The van der Waals surface area contributed by atoms with E-state index in [0.29, 0.717) is 19.3 Å². The molecule has 2 N–H and O–H groups in total. The van der Waals surface area contributed by atoms with Gasteiger partial charge in [-0.15, -0.1) is 0 Å². The van der Waals surface area contributed by atoms with Crippen LogP contribution in [-0.4, -0.2) is 60.2 Å². The summed E-state index contributed by atoms with van der Waals surface area (Å²) >= 11 is 0. The highest BCUT2D eigenvalue weighted by Crippen LogP contribution is 2.68. The Labute approximate surface area is 237 Å². The Hall–Kier alpha value is -2.36. The molecule has 3 fully saturated rings. The van der Waals surface area contributed by atoms with Crippen LogP contribution in [0.1, 0.15) is 72.6 Å². The number of ketones is 2. The number of aliphatic hydroxyl groups excluding tert-OH is 2. The molecule has 8 nitrogen and oxygen atoms in total. The van der Waals surface area contributed by atoms with E-state index in [-0.39, 0.29) is 54.1 Å². The average Bonchev–Trinajstić information content (AvgIpc) is 3.19. The van der Waals surface area contributed by atoms with Gasteiger partial charge >= 0.3 is 5.97 Å². The van der Waals surface area contributed by atoms with E-state index in [4.69, 9.17) is 4.74 Å². The summed E-state index contributed by atoms with van der Waals surface area (Å²) in [4.78, 5) is 38.8. The van der Waals surface area contributed by atoms with Crippen LogP contribution in [0.2, 0.25) is 0 Å². The zero-order valence-corrected chi connectivity index (χ0v) is 23.4. The summed E-state index contributed by atoms with van der Waals surface area (Å²) in [5.74, 6) is -1.78. The lowest BCUT2D eigenvalue weighted by molar-refractivity contribution is -0.202. The van der Waals surface area contributed by atoms with Gasteiger partial charge in [-0.2, -0.15) is 0 Å². The highest BCUT2D eigenvalue weighted by atomic mass is 32.2. The molecule has 0 spiro atoms. The predicted molar refractivity (Wildman–Crippen MR) is 149 cm³/mol. The molecule has 0 aliphatic heterocycles. The van der Waals surface area contributed by atoms with Crippen molar-refractivity contribution in [2.75, 3.05) is 12.4 Å². The van der Waals surface area contributed by atoms with Gasteiger partial charge in [-0.3, -0.25) is 14.4 Å². The zero-order chi connectivity index (χ0) is 28.2. The fraction of sp³-hybridized carbons (Fsp3) is 0.645. The third kappa shape index (κ3) is 4.68. The molecule has 0 amide bonds. The van der Waals surface area contributed by atoms with Crippen molar-refractivity contribution in [2.45, 2.75) is 89.2 Å². The first-order valence-electron chi connectivity index (χ1n) is 13.9. The van der Waals surface area contributed by atoms with Gasteiger partial charge in [-0.1, -0.05) is 45.0 Å². The van der Waals surface area contributed by atoms with Crippen LogP contribution in [0, 0.1) is 28.6 Å². The zero-order valence-electron chi connectivity index (χ0n) is 22.6. The first-order chi connectivity index (χ1) is 18.4. The summed E-state index contributed by atoms with van der Waals surface area (Å²) < 4.78 is 31.4. The Kier molecular flexibility index (Phi) is 8.26. The molecular weight excluding hydrogens is 532 g/mol. The van der Waals surface area contributed by atoms with E-state index in [2.05, 4.69) is 6.92 Å². The molecule has 0 radical (unpaired) electrons. The van der Waals surface area contributed by atoms with Crippen molar-refractivity contribution in [3.05, 3.63) is 42.0 Å². The summed E-state index contributed by atoms with van der Waals surface area (Å²) in [6.45, 7) is 3.21. The first-order valence-corrected chi connectivity index (χ1v) is 15.6. The van der Waals surface area contributed by atoms with Gasteiger partial charge in [0.05, 0.1) is 23.2 Å². The molecule has 1 aromatic carbocycles. The van der Waals surface area contributed by atoms with Crippen LogP contribution in [0.3, 0.4) is 0 Å². The van der Waals surface area contributed by atoms with Crippen LogP contribution in [-0.2, 0) is 29.0 Å². The van der Waals surface area contributed by atoms with Gasteiger partial charge in [0.2, 0.25) is 5.78 Å². The molecule has 5 rings (SSSR count). The van der Waals surface area contributed by atoms with E-state index in [1.165, 1.54) is 12.1 Å². The van der Waals surface area contributed by atoms with E-state index in [1.807, 2.05) is 6.92 Å². The smallest absolute Gasteiger partial charge is 0.307 e. The standard InChI is InChI=1S/C30H38O8S.CH4/c1-28-13-10-20(32)16-19(28)8-9-22-23-11-14-30(25(34)18-31,29(23,2)17-24(33)27(22)28)38-26(35)12-15-39(36,37)21-6-4-3-5-7-21;/h3-7,16,22-24,27,31,33H,8-15,17-18H2,1-2H3;1H4/t22-,23-,24-,27+,28-,29-,30-;/m0./s1. The minimum atomic E-state index is -3.72. The molecule has 4 aliphatic carbocycles. The number of benzene rings is 1. The molecule has 0 saturated heterocycles. The molecule has 0 unspecified atom stereocenters. The number of Topliss-reactive ketones (excluding diaryl/α,β-unsaturated/α-hetero) is 1. The molecule has 7 atom stereocenters. The number of rotatable bonds is 7. The lowest BCUT2D eigenvalue weighted by Gasteiger charge is -2.60. The molecule has 40 heavy (non-hydrogen) atoms. The Morgan fingerprint density at radius 1 is 1.07 bits per heavy atom. The van der Waals surface area contributed by atoms with Gasteiger partial charge in [0, 0.05) is 11.8 Å². The first kappa shape index (κ1) is 30.6. The number of sulfone groups is 1. The maximum absolute atomic E-state index is 13.4. The van der Waals surface area contributed by atoms with Crippen LogP contribution >= 0.6 is 0 Å². The molecule has 9 heteroatoms. The predicted octanol–water partition coefficient (Wildman–Crippen LogP) is 3.83. The van der Waals surface area contributed by atoms with Crippen molar-refractivity contribution in [3.63, 3.8) is 0 Å². The van der Waals surface area contributed by atoms with E-state index >= 15 is 0 Å². The highest BCUT2D eigenvalue weighted by Gasteiger charge is 2.70. The van der Waals surface area contributed by atoms with Crippen molar-refractivity contribution >= 4 is 27.4 Å².